The second-order valence-corrected chi connectivity index (χ2v) is 10.6. The number of amides is 1. The Morgan fingerprint density at radius 3 is 2.55 bits per heavy atom. The third kappa shape index (κ3) is 2.89. The largest absolute Gasteiger partial charge is 0.335 e. The van der Waals surface area contributed by atoms with Gasteiger partial charge in [-0.05, 0) is 47.9 Å². The minimum absolute atomic E-state index is 0.170. The molecule has 1 fully saturated rings. The number of aryl methyl sites for hydroxylation is 1. The van der Waals surface area contributed by atoms with Gasteiger partial charge in [-0.3, -0.25) is 4.79 Å². The van der Waals surface area contributed by atoms with Crippen LogP contribution in [-0.4, -0.2) is 42.5 Å². The quantitative estimate of drug-likeness (QED) is 0.625. The predicted molar refractivity (Wildman–Crippen MR) is 108 cm³/mol. The molecule has 0 radical (unpaired) electrons. The molecular formula is C21H17FN2O3S2. The average molecular weight is 429 g/mol. The van der Waals surface area contributed by atoms with Crippen molar-refractivity contribution in [3.63, 3.8) is 0 Å². The van der Waals surface area contributed by atoms with Crippen molar-refractivity contribution in [3.8, 4) is 11.1 Å². The summed E-state index contributed by atoms with van der Waals surface area (Å²) in [5.74, 6) is -0.811. The summed E-state index contributed by atoms with van der Waals surface area (Å²) < 4.78 is 39.4. The maximum atomic E-state index is 13.2. The van der Waals surface area contributed by atoms with Gasteiger partial charge >= 0.3 is 0 Å². The molecule has 2 aromatic carbocycles. The van der Waals surface area contributed by atoms with Crippen molar-refractivity contribution in [1.82, 2.24) is 9.88 Å². The Bertz CT molecular complexity index is 1240. The van der Waals surface area contributed by atoms with Gasteiger partial charge in [-0.2, -0.15) is 0 Å². The van der Waals surface area contributed by atoms with Gasteiger partial charge in [0.05, 0.1) is 15.2 Å². The molecule has 8 heteroatoms. The molecule has 0 aliphatic carbocycles. The number of rotatable bonds is 2. The standard InChI is InChI=1S/C21H17FN2O3S2/c1-12-23-18(11-28-12)21(25)24-9-17-16-8-14(13-2-5-15(22)6-3-13)4-7-19(16)29(26,27)20(17)10-24/h2-8,11,17,20H,9-10H2,1H3/t17-,20+/m1/s1. The number of thiazole rings is 1. The number of benzene rings is 2. The monoisotopic (exact) mass is 428 g/mol. The van der Waals surface area contributed by atoms with E-state index in [1.54, 1.807) is 34.5 Å². The highest BCUT2D eigenvalue weighted by molar-refractivity contribution is 7.92. The van der Waals surface area contributed by atoms with Crippen LogP contribution in [0.15, 0.2) is 52.7 Å². The van der Waals surface area contributed by atoms with Gasteiger partial charge in [0.25, 0.3) is 5.91 Å². The van der Waals surface area contributed by atoms with Crippen molar-refractivity contribution in [2.45, 2.75) is 23.0 Å². The van der Waals surface area contributed by atoms with Crippen LogP contribution in [0.25, 0.3) is 11.1 Å². The Balaban J connectivity index is 1.51. The van der Waals surface area contributed by atoms with Gasteiger partial charge in [0.15, 0.2) is 9.84 Å². The Kier molecular flexibility index (Phi) is 4.11. The van der Waals surface area contributed by atoms with Crippen LogP contribution in [-0.2, 0) is 9.84 Å². The van der Waals surface area contributed by atoms with Crippen molar-refractivity contribution in [2.75, 3.05) is 13.1 Å². The van der Waals surface area contributed by atoms with Crippen LogP contribution >= 0.6 is 11.3 Å². The summed E-state index contributed by atoms with van der Waals surface area (Å²) in [5.41, 5.74) is 2.75. The summed E-state index contributed by atoms with van der Waals surface area (Å²) in [4.78, 5) is 18.9. The minimum atomic E-state index is -3.50. The van der Waals surface area contributed by atoms with E-state index in [-0.39, 0.29) is 24.2 Å². The third-order valence-electron chi connectivity index (χ3n) is 5.68. The van der Waals surface area contributed by atoms with E-state index in [4.69, 9.17) is 0 Å². The zero-order valence-electron chi connectivity index (χ0n) is 15.5. The highest BCUT2D eigenvalue weighted by atomic mass is 32.2. The number of halogens is 1. The van der Waals surface area contributed by atoms with E-state index >= 15 is 0 Å². The van der Waals surface area contributed by atoms with Crippen LogP contribution in [0, 0.1) is 12.7 Å². The highest BCUT2D eigenvalue weighted by Gasteiger charge is 2.51. The Morgan fingerprint density at radius 1 is 1.14 bits per heavy atom. The van der Waals surface area contributed by atoms with E-state index in [2.05, 4.69) is 4.98 Å². The first-order chi connectivity index (χ1) is 13.8. The van der Waals surface area contributed by atoms with Crippen molar-refractivity contribution in [1.29, 1.82) is 0 Å². The molecule has 5 nitrogen and oxygen atoms in total. The molecule has 2 aliphatic rings. The number of likely N-dealkylation sites (tertiary alicyclic amines) is 1. The zero-order valence-corrected chi connectivity index (χ0v) is 17.1. The summed E-state index contributed by atoms with van der Waals surface area (Å²) in [7, 11) is -3.50. The Morgan fingerprint density at radius 2 is 1.86 bits per heavy atom. The molecular weight excluding hydrogens is 411 g/mol. The maximum Gasteiger partial charge on any atom is 0.273 e. The normalized spacial score (nSPS) is 21.8. The predicted octanol–water partition coefficient (Wildman–Crippen LogP) is 3.65. The zero-order chi connectivity index (χ0) is 20.3. The van der Waals surface area contributed by atoms with Gasteiger partial charge < -0.3 is 4.90 Å². The molecule has 5 rings (SSSR count). The van der Waals surface area contributed by atoms with Gasteiger partial charge in [0, 0.05) is 24.4 Å². The number of nitrogens with zero attached hydrogens (tertiary/aromatic N) is 2. The fourth-order valence-electron chi connectivity index (χ4n) is 4.26. The Hall–Kier alpha value is -2.58. The fraction of sp³-hybridized carbons (Fsp3) is 0.238. The molecule has 3 aromatic rings. The van der Waals surface area contributed by atoms with Crippen LogP contribution < -0.4 is 0 Å². The number of aromatic nitrogens is 1. The van der Waals surface area contributed by atoms with E-state index in [9.17, 15) is 17.6 Å². The minimum Gasteiger partial charge on any atom is -0.335 e. The molecule has 0 unspecified atom stereocenters. The molecule has 3 heterocycles. The van der Waals surface area contributed by atoms with Gasteiger partial charge in [0.2, 0.25) is 0 Å². The molecule has 1 saturated heterocycles. The van der Waals surface area contributed by atoms with Crippen LogP contribution in [0.1, 0.15) is 27.0 Å². The molecule has 2 aliphatic heterocycles. The lowest BCUT2D eigenvalue weighted by Gasteiger charge is -2.17. The molecule has 1 amide bonds. The highest BCUT2D eigenvalue weighted by Crippen LogP contribution is 2.46. The van der Waals surface area contributed by atoms with E-state index in [1.807, 2.05) is 13.0 Å². The van der Waals surface area contributed by atoms with E-state index in [0.29, 0.717) is 17.1 Å². The van der Waals surface area contributed by atoms with Gasteiger partial charge in [-0.25, -0.2) is 17.8 Å². The molecule has 2 atom stereocenters. The molecule has 148 valence electrons. The van der Waals surface area contributed by atoms with Crippen molar-refractivity contribution in [2.24, 2.45) is 0 Å². The number of carbonyl (C=O) groups is 1. The van der Waals surface area contributed by atoms with Gasteiger partial charge in [-0.15, -0.1) is 11.3 Å². The first-order valence-electron chi connectivity index (χ1n) is 9.20. The van der Waals surface area contributed by atoms with E-state index in [0.717, 1.165) is 21.7 Å². The number of carbonyl (C=O) groups excluding carboxylic acids is 1. The smallest absolute Gasteiger partial charge is 0.273 e. The number of hydrogen-bond donors (Lipinski definition) is 0. The van der Waals surface area contributed by atoms with Gasteiger partial charge in [-0.1, -0.05) is 18.2 Å². The second-order valence-electron chi connectivity index (χ2n) is 7.41. The summed E-state index contributed by atoms with van der Waals surface area (Å²) in [5, 5.41) is 1.88. The molecule has 0 saturated carbocycles. The van der Waals surface area contributed by atoms with Crippen LogP contribution in [0.4, 0.5) is 4.39 Å². The van der Waals surface area contributed by atoms with Crippen LogP contribution in [0.2, 0.25) is 0 Å². The van der Waals surface area contributed by atoms with Crippen LogP contribution in [0.5, 0.6) is 0 Å². The summed E-state index contributed by atoms with van der Waals surface area (Å²) in [6, 6.07) is 11.4. The third-order valence-corrected chi connectivity index (χ3v) is 8.72. The molecule has 0 N–H and O–H groups in total. The number of sulfone groups is 1. The number of fused-ring (bicyclic) bond motifs is 3. The lowest BCUT2D eigenvalue weighted by atomic mass is 9.94. The fourth-order valence-corrected chi connectivity index (χ4v) is 7.01. The topological polar surface area (TPSA) is 67.3 Å². The molecule has 1 aromatic heterocycles. The number of hydrogen-bond acceptors (Lipinski definition) is 5. The molecule has 0 bridgehead atoms. The van der Waals surface area contributed by atoms with E-state index < -0.39 is 15.1 Å². The first kappa shape index (κ1) is 18.4. The van der Waals surface area contributed by atoms with Crippen molar-refractivity contribution >= 4 is 27.1 Å². The first-order valence-corrected chi connectivity index (χ1v) is 11.6. The lowest BCUT2D eigenvalue weighted by Crippen LogP contribution is -2.31. The summed E-state index contributed by atoms with van der Waals surface area (Å²) >= 11 is 1.40. The summed E-state index contributed by atoms with van der Waals surface area (Å²) in [6.45, 7) is 2.35. The molecule has 0 spiro atoms. The molecule has 29 heavy (non-hydrogen) atoms. The Labute approximate surface area is 171 Å². The maximum absolute atomic E-state index is 13.2. The van der Waals surface area contributed by atoms with Gasteiger partial charge in [0.1, 0.15) is 11.5 Å². The SMILES string of the molecule is Cc1nc(C(=O)N2C[C@@H]3c4cc(-c5ccc(F)cc5)ccc4S(=O)(=O)[C@H]3C2)cs1. The van der Waals surface area contributed by atoms with E-state index in [1.165, 1.54) is 23.5 Å². The van der Waals surface area contributed by atoms with Crippen molar-refractivity contribution in [3.05, 3.63) is 69.9 Å². The second kappa shape index (κ2) is 6.47. The summed E-state index contributed by atoms with van der Waals surface area (Å²) in [6.07, 6.45) is 0. The van der Waals surface area contributed by atoms with Crippen LogP contribution in [0.3, 0.4) is 0 Å². The average Bonchev–Trinajstić information content (AvgIpc) is 3.38. The lowest BCUT2D eigenvalue weighted by molar-refractivity contribution is 0.0785. The van der Waals surface area contributed by atoms with Crippen molar-refractivity contribution < 1.29 is 17.6 Å².